The van der Waals surface area contributed by atoms with E-state index in [4.69, 9.17) is 4.74 Å². The van der Waals surface area contributed by atoms with Gasteiger partial charge in [0.25, 0.3) is 0 Å². The molecule has 0 amide bonds. The minimum Gasteiger partial charge on any atom is -0.394 e. The van der Waals surface area contributed by atoms with Crippen LogP contribution in [-0.4, -0.2) is 61.8 Å². The van der Waals surface area contributed by atoms with Gasteiger partial charge in [-0.05, 0) is 22.6 Å². The molecular weight excluding hydrogens is 391 g/mol. The molecule has 4 N–H and O–H groups in total. The molecule has 1 fully saturated rings. The third-order valence-corrected chi connectivity index (χ3v) is 4.41. The van der Waals surface area contributed by atoms with Gasteiger partial charge in [-0.25, -0.2) is 9.97 Å². The molecule has 21 heavy (non-hydrogen) atoms. The monoisotopic (exact) mass is 406 g/mol. The van der Waals surface area contributed by atoms with E-state index in [1.165, 1.54) is 6.33 Å². The summed E-state index contributed by atoms with van der Waals surface area (Å²) >= 11 is 2.15. The topological polar surface area (TPSA) is 113 Å². The number of hydrogen-bond donors (Lipinski definition) is 4. The van der Waals surface area contributed by atoms with E-state index in [1.54, 1.807) is 17.8 Å². The van der Waals surface area contributed by atoms with Gasteiger partial charge in [0.1, 0.15) is 36.1 Å². The Labute approximate surface area is 133 Å². The van der Waals surface area contributed by atoms with Crippen molar-refractivity contribution in [2.24, 2.45) is 0 Å². The Kier molecular flexibility index (Phi) is 4.01. The van der Waals surface area contributed by atoms with Crippen LogP contribution >= 0.6 is 22.6 Å². The molecule has 8 nitrogen and oxygen atoms in total. The van der Waals surface area contributed by atoms with Crippen molar-refractivity contribution < 1.29 is 20.1 Å². The van der Waals surface area contributed by atoms with E-state index in [2.05, 4.69) is 37.9 Å². The Bertz CT molecular complexity index is 664. The fourth-order valence-corrected chi connectivity index (χ4v) is 3.33. The SMILES string of the molecule is CNc1ncnc2c1c(I)cn2C1OC(CO)C(O)C1O. The van der Waals surface area contributed by atoms with Gasteiger partial charge in [-0.2, -0.15) is 0 Å². The zero-order chi connectivity index (χ0) is 15.1. The molecule has 1 aliphatic heterocycles. The Balaban J connectivity index is 2.10. The lowest BCUT2D eigenvalue weighted by Crippen LogP contribution is -2.33. The third-order valence-electron chi connectivity index (χ3n) is 3.59. The molecule has 1 saturated heterocycles. The van der Waals surface area contributed by atoms with Gasteiger partial charge in [0, 0.05) is 16.8 Å². The summed E-state index contributed by atoms with van der Waals surface area (Å²) in [4.78, 5) is 8.40. The third kappa shape index (κ3) is 2.28. The molecule has 2 aromatic rings. The van der Waals surface area contributed by atoms with E-state index in [9.17, 15) is 15.3 Å². The number of halogens is 1. The Morgan fingerprint density at radius 2 is 2.14 bits per heavy atom. The molecule has 4 unspecified atom stereocenters. The van der Waals surface area contributed by atoms with Gasteiger partial charge in [-0.3, -0.25) is 0 Å². The van der Waals surface area contributed by atoms with Crippen LogP contribution in [0.15, 0.2) is 12.5 Å². The average Bonchev–Trinajstić information content (AvgIpc) is 2.98. The molecule has 3 rings (SSSR count). The minimum absolute atomic E-state index is 0.359. The molecule has 4 atom stereocenters. The van der Waals surface area contributed by atoms with E-state index in [0.717, 1.165) is 8.96 Å². The Morgan fingerprint density at radius 1 is 1.38 bits per heavy atom. The van der Waals surface area contributed by atoms with Crippen molar-refractivity contribution in [2.75, 3.05) is 19.0 Å². The van der Waals surface area contributed by atoms with Crippen LogP contribution < -0.4 is 5.32 Å². The number of aliphatic hydroxyl groups is 3. The molecule has 0 aromatic carbocycles. The number of anilines is 1. The molecule has 0 saturated carbocycles. The number of nitrogens with zero attached hydrogens (tertiary/aromatic N) is 3. The predicted octanol–water partition coefficient (Wildman–Crippen LogP) is -0.311. The normalized spacial score (nSPS) is 29.2. The van der Waals surface area contributed by atoms with Crippen LogP contribution in [0.25, 0.3) is 11.0 Å². The van der Waals surface area contributed by atoms with Crippen LogP contribution in [0.1, 0.15) is 6.23 Å². The molecule has 2 aromatic heterocycles. The summed E-state index contributed by atoms with van der Waals surface area (Å²) in [7, 11) is 1.77. The van der Waals surface area contributed by atoms with Crippen molar-refractivity contribution in [2.45, 2.75) is 24.5 Å². The maximum atomic E-state index is 10.1. The van der Waals surface area contributed by atoms with Crippen molar-refractivity contribution in [1.29, 1.82) is 0 Å². The van der Waals surface area contributed by atoms with Gasteiger partial charge in [0.15, 0.2) is 6.23 Å². The van der Waals surface area contributed by atoms with E-state index in [1.807, 2.05) is 0 Å². The first kappa shape index (κ1) is 14.9. The molecular formula is C12H15IN4O4. The lowest BCUT2D eigenvalue weighted by Gasteiger charge is -2.17. The molecule has 1 aliphatic rings. The summed E-state index contributed by atoms with van der Waals surface area (Å²) in [6.07, 6.45) is -0.695. The molecule has 0 bridgehead atoms. The molecule has 0 spiro atoms. The molecule has 3 heterocycles. The van der Waals surface area contributed by atoms with Crippen LogP contribution in [0.4, 0.5) is 5.82 Å². The summed E-state index contributed by atoms with van der Waals surface area (Å²) in [6.45, 7) is -0.359. The maximum absolute atomic E-state index is 10.1. The summed E-state index contributed by atoms with van der Waals surface area (Å²) < 4.78 is 8.09. The number of rotatable bonds is 3. The molecule has 114 valence electrons. The van der Waals surface area contributed by atoms with Gasteiger partial charge in [-0.1, -0.05) is 0 Å². The lowest BCUT2D eigenvalue weighted by molar-refractivity contribution is -0.0509. The van der Waals surface area contributed by atoms with Crippen molar-refractivity contribution >= 4 is 39.4 Å². The highest BCUT2D eigenvalue weighted by Crippen LogP contribution is 2.35. The number of aliphatic hydroxyl groups excluding tert-OH is 3. The minimum atomic E-state index is -1.14. The summed E-state index contributed by atoms with van der Waals surface area (Å²) in [5, 5.41) is 33.0. The summed E-state index contributed by atoms with van der Waals surface area (Å²) in [6, 6.07) is 0. The van der Waals surface area contributed by atoms with Crippen LogP contribution in [0.2, 0.25) is 0 Å². The number of ether oxygens (including phenoxy) is 1. The fourth-order valence-electron chi connectivity index (χ4n) is 2.53. The number of fused-ring (bicyclic) bond motifs is 1. The van der Waals surface area contributed by atoms with E-state index >= 15 is 0 Å². The summed E-state index contributed by atoms with van der Waals surface area (Å²) in [5.41, 5.74) is 0.591. The first-order valence-corrected chi connectivity index (χ1v) is 7.47. The molecule has 0 aliphatic carbocycles. The quantitative estimate of drug-likeness (QED) is 0.518. The zero-order valence-corrected chi connectivity index (χ0v) is 13.3. The average molecular weight is 406 g/mol. The number of aromatic nitrogens is 3. The van der Waals surface area contributed by atoms with Crippen molar-refractivity contribution in [3.63, 3.8) is 0 Å². The molecule has 9 heteroatoms. The first-order valence-electron chi connectivity index (χ1n) is 6.39. The second-order valence-corrected chi connectivity index (χ2v) is 5.95. The second-order valence-electron chi connectivity index (χ2n) is 4.78. The van der Waals surface area contributed by atoms with E-state index in [-0.39, 0.29) is 6.61 Å². The van der Waals surface area contributed by atoms with Gasteiger partial charge >= 0.3 is 0 Å². The van der Waals surface area contributed by atoms with Crippen LogP contribution in [0.5, 0.6) is 0 Å². The van der Waals surface area contributed by atoms with Crippen molar-refractivity contribution in [3.8, 4) is 0 Å². The fraction of sp³-hybridized carbons (Fsp3) is 0.500. The van der Waals surface area contributed by atoms with Gasteiger partial charge in [0.05, 0.1) is 12.0 Å². The smallest absolute Gasteiger partial charge is 0.164 e. The zero-order valence-electron chi connectivity index (χ0n) is 11.1. The molecule has 0 radical (unpaired) electrons. The van der Waals surface area contributed by atoms with Gasteiger partial charge in [0.2, 0.25) is 0 Å². The van der Waals surface area contributed by atoms with Crippen molar-refractivity contribution in [3.05, 3.63) is 16.1 Å². The maximum Gasteiger partial charge on any atom is 0.164 e. The van der Waals surface area contributed by atoms with Crippen LogP contribution in [0, 0.1) is 3.57 Å². The highest BCUT2D eigenvalue weighted by Gasteiger charge is 2.44. The Hall–Kier alpha value is -1.01. The first-order chi connectivity index (χ1) is 10.1. The van der Waals surface area contributed by atoms with Crippen LogP contribution in [-0.2, 0) is 4.74 Å². The second kappa shape index (κ2) is 5.65. The number of hydrogen-bond acceptors (Lipinski definition) is 7. The van der Waals surface area contributed by atoms with Crippen molar-refractivity contribution in [1.82, 2.24) is 14.5 Å². The van der Waals surface area contributed by atoms with E-state index < -0.39 is 24.5 Å². The predicted molar refractivity (Wildman–Crippen MR) is 82.8 cm³/mol. The van der Waals surface area contributed by atoms with Gasteiger partial charge < -0.3 is 29.9 Å². The highest BCUT2D eigenvalue weighted by molar-refractivity contribution is 14.1. The van der Waals surface area contributed by atoms with E-state index in [0.29, 0.717) is 11.5 Å². The standard InChI is InChI=1S/C12H15IN4O4/c1-14-10-7-5(13)2-17(11(7)16-4-15-10)12-9(20)8(19)6(3-18)21-12/h2,4,6,8-9,12,18-20H,3H2,1H3,(H,14,15,16). The lowest BCUT2D eigenvalue weighted by atomic mass is 10.1. The van der Waals surface area contributed by atoms with Crippen LogP contribution in [0.3, 0.4) is 0 Å². The van der Waals surface area contributed by atoms with Gasteiger partial charge in [-0.15, -0.1) is 0 Å². The Morgan fingerprint density at radius 3 is 2.76 bits per heavy atom. The summed E-state index contributed by atoms with van der Waals surface area (Å²) in [5.74, 6) is 0.676. The highest BCUT2D eigenvalue weighted by atomic mass is 127. The largest absolute Gasteiger partial charge is 0.394 e. The number of nitrogens with one attached hydrogen (secondary N) is 1.